The van der Waals surface area contributed by atoms with Gasteiger partial charge in [0.05, 0.1) is 11.2 Å². The van der Waals surface area contributed by atoms with Crippen LogP contribution in [0.15, 0.2) is 6.20 Å². The van der Waals surface area contributed by atoms with Crippen LogP contribution in [0.1, 0.15) is 5.56 Å². The van der Waals surface area contributed by atoms with Crippen LogP contribution >= 0.6 is 11.6 Å². The number of nitrogens with two attached hydrogens (primary N) is 1. The zero-order valence-electron chi connectivity index (χ0n) is 5.44. The number of hydrogen-bond donors (Lipinski definition) is 1. The van der Waals surface area contributed by atoms with E-state index in [0.29, 0.717) is 0 Å². The number of hydrogen-bond acceptors (Lipinski definition) is 2. The monoisotopic (exact) mass is 178 g/mol. The van der Waals surface area contributed by atoms with Gasteiger partial charge in [-0.15, -0.1) is 0 Å². The Morgan fingerprint density at radius 3 is 2.64 bits per heavy atom. The molecule has 0 amide bonds. The molecule has 5 heteroatoms. The summed E-state index contributed by atoms with van der Waals surface area (Å²) in [7, 11) is 0. The van der Waals surface area contributed by atoms with Crippen molar-refractivity contribution < 1.29 is 8.78 Å². The van der Waals surface area contributed by atoms with Gasteiger partial charge in [-0.1, -0.05) is 11.6 Å². The van der Waals surface area contributed by atoms with Crippen LogP contribution in [0.5, 0.6) is 0 Å². The molecule has 0 saturated carbocycles. The molecule has 1 aromatic rings. The van der Waals surface area contributed by atoms with Gasteiger partial charge < -0.3 is 5.73 Å². The van der Waals surface area contributed by atoms with Crippen LogP contribution in [0.4, 0.5) is 8.78 Å². The van der Waals surface area contributed by atoms with E-state index in [1.54, 1.807) is 0 Å². The van der Waals surface area contributed by atoms with Crippen LogP contribution in [0, 0.1) is 11.8 Å². The zero-order valence-corrected chi connectivity index (χ0v) is 6.20. The third-order valence-electron chi connectivity index (χ3n) is 1.22. The van der Waals surface area contributed by atoms with E-state index in [2.05, 4.69) is 4.98 Å². The molecule has 0 aliphatic carbocycles. The van der Waals surface area contributed by atoms with Gasteiger partial charge >= 0.3 is 0 Å². The Morgan fingerprint density at radius 2 is 2.18 bits per heavy atom. The number of pyridine rings is 1. The predicted octanol–water partition coefficient (Wildman–Crippen LogP) is 1.47. The van der Waals surface area contributed by atoms with E-state index in [0.717, 1.165) is 6.20 Å². The smallest absolute Gasteiger partial charge is 0.219 e. The van der Waals surface area contributed by atoms with E-state index in [1.165, 1.54) is 0 Å². The van der Waals surface area contributed by atoms with Gasteiger partial charge in [0, 0.05) is 12.1 Å². The third-order valence-corrected chi connectivity index (χ3v) is 1.63. The molecule has 0 bridgehead atoms. The van der Waals surface area contributed by atoms with Crippen LogP contribution in [0.25, 0.3) is 0 Å². The van der Waals surface area contributed by atoms with Crippen molar-refractivity contribution in [2.24, 2.45) is 5.73 Å². The van der Waals surface area contributed by atoms with Crippen LogP contribution in [-0.2, 0) is 6.54 Å². The number of halogens is 3. The number of aromatic nitrogens is 1. The molecule has 0 unspecified atom stereocenters. The second-order valence-corrected chi connectivity index (χ2v) is 2.27. The molecule has 0 aliphatic heterocycles. The van der Waals surface area contributed by atoms with E-state index in [1.807, 2.05) is 0 Å². The summed E-state index contributed by atoms with van der Waals surface area (Å²) >= 11 is 5.36. The maximum absolute atomic E-state index is 12.6. The summed E-state index contributed by atoms with van der Waals surface area (Å²) in [6.07, 6.45) is 0.719. The maximum atomic E-state index is 12.6. The van der Waals surface area contributed by atoms with E-state index >= 15 is 0 Å². The van der Waals surface area contributed by atoms with Crippen molar-refractivity contribution in [1.29, 1.82) is 0 Å². The van der Waals surface area contributed by atoms with Crippen molar-refractivity contribution in [2.75, 3.05) is 0 Å². The molecule has 1 aromatic heterocycles. The molecule has 2 N–H and O–H groups in total. The summed E-state index contributed by atoms with van der Waals surface area (Å²) in [5.74, 6) is -1.58. The van der Waals surface area contributed by atoms with Crippen LogP contribution in [0.3, 0.4) is 0 Å². The quantitative estimate of drug-likeness (QED) is 0.662. The Hall–Kier alpha value is -0.740. The highest BCUT2D eigenvalue weighted by molar-refractivity contribution is 6.31. The third kappa shape index (κ3) is 1.46. The summed E-state index contributed by atoms with van der Waals surface area (Å²) in [5.41, 5.74) is 5.00. The van der Waals surface area contributed by atoms with Gasteiger partial charge in [-0.3, -0.25) is 0 Å². The minimum Gasteiger partial charge on any atom is -0.326 e. The molecule has 0 fully saturated rings. The molecule has 1 rings (SSSR count). The first-order chi connectivity index (χ1) is 5.16. The lowest BCUT2D eigenvalue weighted by molar-refractivity contribution is 0.545. The maximum Gasteiger partial charge on any atom is 0.219 e. The molecular weight excluding hydrogens is 174 g/mol. The fourth-order valence-electron chi connectivity index (χ4n) is 0.656. The Labute approximate surface area is 67.0 Å². The SMILES string of the molecule is NCc1c(F)ncc(F)c1Cl. The summed E-state index contributed by atoms with van der Waals surface area (Å²) in [6, 6.07) is 0. The predicted molar refractivity (Wildman–Crippen MR) is 37.1 cm³/mol. The average molecular weight is 179 g/mol. The lowest BCUT2D eigenvalue weighted by atomic mass is 10.3. The molecule has 0 aliphatic rings. The highest BCUT2D eigenvalue weighted by Gasteiger charge is 2.10. The van der Waals surface area contributed by atoms with Gasteiger partial charge in [0.2, 0.25) is 5.95 Å². The summed E-state index contributed by atoms with van der Waals surface area (Å²) in [6.45, 7) is -0.157. The largest absolute Gasteiger partial charge is 0.326 e. The van der Waals surface area contributed by atoms with E-state index in [9.17, 15) is 8.78 Å². The lowest BCUT2D eigenvalue weighted by Crippen LogP contribution is -2.04. The Balaban J connectivity index is 3.29. The Morgan fingerprint density at radius 1 is 1.55 bits per heavy atom. The number of rotatable bonds is 1. The van der Waals surface area contributed by atoms with Crippen molar-refractivity contribution in [1.82, 2.24) is 4.98 Å². The van der Waals surface area contributed by atoms with E-state index < -0.39 is 11.8 Å². The second kappa shape index (κ2) is 3.11. The van der Waals surface area contributed by atoms with Crippen molar-refractivity contribution in [3.63, 3.8) is 0 Å². The minimum atomic E-state index is -0.820. The normalized spacial score (nSPS) is 10.2. The van der Waals surface area contributed by atoms with Gasteiger partial charge in [0.25, 0.3) is 0 Å². The molecule has 1 heterocycles. The van der Waals surface area contributed by atoms with Crippen molar-refractivity contribution in [3.05, 3.63) is 28.5 Å². The fraction of sp³-hybridized carbons (Fsp3) is 0.167. The average Bonchev–Trinajstić information content (AvgIpc) is 1.99. The number of nitrogens with zero attached hydrogens (tertiary/aromatic N) is 1. The highest BCUT2D eigenvalue weighted by Crippen LogP contribution is 2.19. The Kier molecular flexibility index (Phi) is 2.36. The molecule has 0 saturated heterocycles. The van der Waals surface area contributed by atoms with Gasteiger partial charge in [-0.05, 0) is 0 Å². The van der Waals surface area contributed by atoms with E-state index in [4.69, 9.17) is 17.3 Å². The standard InChI is InChI=1S/C6H5ClF2N2/c7-5-3(1-10)6(9)11-2-4(5)8/h2H,1,10H2. The van der Waals surface area contributed by atoms with Gasteiger partial charge in [-0.25, -0.2) is 9.37 Å². The Bertz CT molecular complexity index is 278. The minimum absolute atomic E-state index is 0.0910. The summed E-state index contributed by atoms with van der Waals surface area (Å²) in [5, 5.41) is -0.292. The molecule has 11 heavy (non-hydrogen) atoms. The van der Waals surface area contributed by atoms with Gasteiger partial charge in [0.15, 0.2) is 5.82 Å². The first-order valence-electron chi connectivity index (χ1n) is 2.85. The van der Waals surface area contributed by atoms with Crippen molar-refractivity contribution in [2.45, 2.75) is 6.54 Å². The first kappa shape index (κ1) is 8.36. The van der Waals surface area contributed by atoms with Gasteiger partial charge in [-0.2, -0.15) is 4.39 Å². The molecule has 0 atom stereocenters. The molecular formula is C6H5ClF2N2. The molecule has 0 radical (unpaired) electrons. The molecule has 2 nitrogen and oxygen atoms in total. The lowest BCUT2D eigenvalue weighted by Gasteiger charge is -2.01. The zero-order chi connectivity index (χ0) is 8.43. The molecule has 0 aromatic carbocycles. The van der Waals surface area contributed by atoms with Crippen LogP contribution in [0.2, 0.25) is 5.02 Å². The fourth-order valence-corrected chi connectivity index (χ4v) is 0.860. The topological polar surface area (TPSA) is 38.9 Å². The van der Waals surface area contributed by atoms with Crippen molar-refractivity contribution >= 4 is 11.6 Å². The van der Waals surface area contributed by atoms with E-state index in [-0.39, 0.29) is 17.1 Å². The van der Waals surface area contributed by atoms with Gasteiger partial charge in [0.1, 0.15) is 0 Å². The highest BCUT2D eigenvalue weighted by atomic mass is 35.5. The molecule has 60 valence electrons. The summed E-state index contributed by atoms with van der Waals surface area (Å²) < 4.78 is 25.1. The second-order valence-electron chi connectivity index (χ2n) is 1.89. The summed E-state index contributed by atoms with van der Waals surface area (Å²) in [4.78, 5) is 3.10. The van der Waals surface area contributed by atoms with Crippen molar-refractivity contribution in [3.8, 4) is 0 Å². The molecule has 0 spiro atoms. The first-order valence-corrected chi connectivity index (χ1v) is 3.23. The van der Waals surface area contributed by atoms with Crippen LogP contribution in [-0.4, -0.2) is 4.98 Å². The van der Waals surface area contributed by atoms with Crippen LogP contribution < -0.4 is 5.73 Å².